The number of benzene rings is 1. The highest BCUT2D eigenvalue weighted by Crippen LogP contribution is 2.33. The average molecular weight is 414 g/mol. The first kappa shape index (κ1) is 21.2. The van der Waals surface area contributed by atoms with Crippen molar-refractivity contribution in [2.24, 2.45) is 0 Å². The number of hydrogen-bond donors (Lipinski definition) is 1. The fourth-order valence-electron chi connectivity index (χ4n) is 3.37. The van der Waals surface area contributed by atoms with Crippen LogP contribution in [0.4, 0.5) is 5.13 Å². The molecule has 1 aromatic carbocycles. The highest BCUT2D eigenvalue weighted by molar-refractivity contribution is 7.14. The lowest BCUT2D eigenvalue weighted by molar-refractivity contribution is -0.138. The standard InChI is InChI=1S/C22H27N3O3S/c1-13(2)15-5-6-16(17(11-15)14(3)4)18-12-29-22(23-18)24-19(26)9-10-25-20(27)7-8-21(25)28/h5-6,11-14H,7-10H2,1-4H3,(H,23,24,26). The minimum absolute atomic E-state index is 0.0761. The third kappa shape index (κ3) is 4.90. The molecule has 0 aliphatic carbocycles. The van der Waals surface area contributed by atoms with Crippen LogP contribution >= 0.6 is 11.3 Å². The van der Waals surface area contributed by atoms with Crippen molar-refractivity contribution in [3.05, 3.63) is 34.7 Å². The van der Waals surface area contributed by atoms with Crippen LogP contribution in [0.5, 0.6) is 0 Å². The number of rotatable bonds is 7. The monoisotopic (exact) mass is 413 g/mol. The van der Waals surface area contributed by atoms with Gasteiger partial charge in [-0.05, 0) is 23.0 Å². The Balaban J connectivity index is 1.68. The second-order valence-corrected chi connectivity index (χ2v) is 8.79. The van der Waals surface area contributed by atoms with Crippen molar-refractivity contribution in [2.75, 3.05) is 11.9 Å². The largest absolute Gasteiger partial charge is 0.302 e. The molecule has 1 N–H and O–H groups in total. The fourth-order valence-corrected chi connectivity index (χ4v) is 4.10. The average Bonchev–Trinajstić information content (AvgIpc) is 3.26. The van der Waals surface area contributed by atoms with Crippen molar-refractivity contribution in [3.63, 3.8) is 0 Å². The van der Waals surface area contributed by atoms with E-state index >= 15 is 0 Å². The molecule has 1 saturated heterocycles. The molecule has 154 valence electrons. The molecule has 0 bridgehead atoms. The van der Waals surface area contributed by atoms with E-state index in [0.717, 1.165) is 16.2 Å². The van der Waals surface area contributed by atoms with Gasteiger partial charge >= 0.3 is 0 Å². The van der Waals surface area contributed by atoms with Gasteiger partial charge in [0.25, 0.3) is 0 Å². The van der Waals surface area contributed by atoms with Crippen molar-refractivity contribution < 1.29 is 14.4 Å². The quantitative estimate of drug-likeness (QED) is 0.676. The molecule has 6 nitrogen and oxygen atoms in total. The zero-order valence-electron chi connectivity index (χ0n) is 17.3. The Kier molecular flexibility index (Phi) is 6.47. The van der Waals surface area contributed by atoms with Gasteiger partial charge in [0.15, 0.2) is 5.13 Å². The number of carbonyl (C=O) groups excluding carboxylic acids is 3. The molecule has 1 aromatic heterocycles. The molecule has 0 radical (unpaired) electrons. The molecule has 0 spiro atoms. The van der Waals surface area contributed by atoms with Crippen LogP contribution in [0.15, 0.2) is 23.6 Å². The summed E-state index contributed by atoms with van der Waals surface area (Å²) in [6, 6.07) is 6.48. The predicted molar refractivity (Wildman–Crippen MR) is 115 cm³/mol. The van der Waals surface area contributed by atoms with Crippen molar-refractivity contribution >= 4 is 34.2 Å². The lowest BCUT2D eigenvalue weighted by Gasteiger charge is -2.15. The fraction of sp³-hybridized carbons (Fsp3) is 0.455. The van der Waals surface area contributed by atoms with Gasteiger partial charge in [0, 0.05) is 36.8 Å². The van der Waals surface area contributed by atoms with E-state index in [4.69, 9.17) is 0 Å². The number of anilines is 1. The lowest BCUT2D eigenvalue weighted by atomic mass is 9.90. The zero-order chi connectivity index (χ0) is 21.1. The number of nitrogens with one attached hydrogen (secondary N) is 1. The summed E-state index contributed by atoms with van der Waals surface area (Å²) in [7, 11) is 0. The van der Waals surface area contributed by atoms with Crippen LogP contribution in [0.25, 0.3) is 11.3 Å². The summed E-state index contributed by atoms with van der Waals surface area (Å²) in [6.07, 6.45) is 0.556. The van der Waals surface area contributed by atoms with E-state index in [1.54, 1.807) is 0 Å². The summed E-state index contributed by atoms with van der Waals surface area (Å²) in [6.45, 7) is 8.81. The van der Waals surface area contributed by atoms with E-state index in [1.807, 2.05) is 5.38 Å². The summed E-state index contributed by atoms with van der Waals surface area (Å²) in [5.41, 5.74) is 4.46. The van der Waals surface area contributed by atoms with Gasteiger partial charge in [-0.25, -0.2) is 4.98 Å². The molecule has 2 aromatic rings. The first-order valence-corrected chi connectivity index (χ1v) is 10.9. The van der Waals surface area contributed by atoms with Gasteiger partial charge < -0.3 is 5.32 Å². The summed E-state index contributed by atoms with van der Waals surface area (Å²) in [4.78, 5) is 41.2. The first-order valence-electron chi connectivity index (χ1n) is 9.99. The normalized spacial score (nSPS) is 14.3. The SMILES string of the molecule is CC(C)c1ccc(-c2csc(NC(=O)CCN3C(=O)CCC3=O)n2)c(C(C)C)c1. The highest BCUT2D eigenvalue weighted by Gasteiger charge is 2.28. The Morgan fingerprint density at radius 2 is 1.83 bits per heavy atom. The van der Waals surface area contributed by atoms with E-state index in [9.17, 15) is 14.4 Å². The molecule has 0 saturated carbocycles. The maximum atomic E-state index is 12.2. The number of hydrogen-bond acceptors (Lipinski definition) is 5. The molecule has 0 unspecified atom stereocenters. The molecule has 3 rings (SSSR count). The van der Waals surface area contributed by atoms with Crippen LogP contribution in [0, 0.1) is 0 Å². The molecular weight excluding hydrogens is 386 g/mol. The Morgan fingerprint density at radius 1 is 1.14 bits per heavy atom. The van der Waals surface area contributed by atoms with Crippen molar-refractivity contribution in [1.82, 2.24) is 9.88 Å². The van der Waals surface area contributed by atoms with Crippen LogP contribution in [-0.2, 0) is 14.4 Å². The maximum Gasteiger partial charge on any atom is 0.229 e. The Morgan fingerprint density at radius 3 is 2.45 bits per heavy atom. The summed E-state index contributed by atoms with van der Waals surface area (Å²) in [5, 5.41) is 5.25. The van der Waals surface area contributed by atoms with E-state index in [1.165, 1.54) is 22.5 Å². The van der Waals surface area contributed by atoms with Crippen LogP contribution in [0.2, 0.25) is 0 Å². The molecule has 29 heavy (non-hydrogen) atoms. The van der Waals surface area contributed by atoms with Gasteiger partial charge in [0.1, 0.15) is 0 Å². The topological polar surface area (TPSA) is 79.4 Å². The molecule has 3 amide bonds. The predicted octanol–water partition coefficient (Wildman–Crippen LogP) is 4.53. The van der Waals surface area contributed by atoms with Crippen molar-refractivity contribution in [2.45, 2.75) is 58.8 Å². The van der Waals surface area contributed by atoms with Gasteiger partial charge in [-0.2, -0.15) is 0 Å². The zero-order valence-corrected chi connectivity index (χ0v) is 18.1. The lowest BCUT2D eigenvalue weighted by Crippen LogP contribution is -2.32. The molecule has 1 aliphatic rings. The van der Waals surface area contributed by atoms with Crippen LogP contribution < -0.4 is 5.32 Å². The summed E-state index contributed by atoms with van der Waals surface area (Å²) >= 11 is 1.37. The third-order valence-electron chi connectivity index (χ3n) is 5.11. The molecular formula is C22H27N3O3S. The van der Waals surface area contributed by atoms with Crippen molar-refractivity contribution in [3.8, 4) is 11.3 Å². The highest BCUT2D eigenvalue weighted by atomic mass is 32.1. The minimum Gasteiger partial charge on any atom is -0.302 e. The van der Waals surface area contributed by atoms with Crippen LogP contribution in [0.1, 0.15) is 69.9 Å². The Labute approximate surface area is 175 Å². The molecule has 7 heteroatoms. The Bertz CT molecular complexity index is 917. The van der Waals surface area contributed by atoms with Crippen LogP contribution in [0.3, 0.4) is 0 Å². The van der Waals surface area contributed by atoms with E-state index in [0.29, 0.717) is 17.0 Å². The first-order chi connectivity index (χ1) is 13.8. The second-order valence-electron chi connectivity index (χ2n) is 7.93. The summed E-state index contributed by atoms with van der Waals surface area (Å²) in [5.74, 6) is 0.161. The van der Waals surface area contributed by atoms with Crippen LogP contribution in [-0.4, -0.2) is 34.2 Å². The van der Waals surface area contributed by atoms with E-state index in [2.05, 4.69) is 56.2 Å². The van der Waals surface area contributed by atoms with Gasteiger partial charge in [0.05, 0.1) is 5.69 Å². The van der Waals surface area contributed by atoms with Gasteiger partial charge in [-0.3, -0.25) is 19.3 Å². The van der Waals surface area contributed by atoms with E-state index < -0.39 is 0 Å². The smallest absolute Gasteiger partial charge is 0.229 e. The number of aromatic nitrogens is 1. The maximum absolute atomic E-state index is 12.2. The molecule has 2 heterocycles. The molecule has 0 atom stereocenters. The second kappa shape index (κ2) is 8.86. The van der Waals surface area contributed by atoms with Gasteiger partial charge in [0.2, 0.25) is 17.7 Å². The number of thiazole rings is 1. The molecule has 1 fully saturated rings. The number of amides is 3. The minimum atomic E-state index is -0.252. The Hall–Kier alpha value is -2.54. The van der Waals surface area contributed by atoms with Crippen molar-refractivity contribution in [1.29, 1.82) is 0 Å². The number of nitrogens with zero attached hydrogens (tertiary/aromatic N) is 2. The van der Waals surface area contributed by atoms with Gasteiger partial charge in [-0.1, -0.05) is 45.9 Å². The number of imide groups is 1. The number of carbonyl (C=O) groups is 3. The van der Waals surface area contributed by atoms with Gasteiger partial charge in [-0.15, -0.1) is 11.3 Å². The third-order valence-corrected chi connectivity index (χ3v) is 5.87. The summed E-state index contributed by atoms with van der Waals surface area (Å²) < 4.78 is 0. The van der Waals surface area contributed by atoms with E-state index in [-0.39, 0.29) is 43.5 Å². The number of likely N-dealkylation sites (tertiary alicyclic amines) is 1. The molecule has 1 aliphatic heterocycles.